The van der Waals surface area contributed by atoms with Gasteiger partial charge in [-0.2, -0.15) is 0 Å². The van der Waals surface area contributed by atoms with Gasteiger partial charge < -0.3 is 15.2 Å². The first-order chi connectivity index (χ1) is 9.21. The maximum atomic E-state index is 5.98. The molecule has 2 fully saturated rings. The molecule has 0 radical (unpaired) electrons. The smallest absolute Gasteiger partial charge is 0.134 e. The van der Waals surface area contributed by atoms with Crippen molar-refractivity contribution in [2.75, 3.05) is 19.5 Å². The maximum Gasteiger partial charge on any atom is 0.134 e. The van der Waals surface area contributed by atoms with Crippen LogP contribution in [0.4, 0.5) is 5.69 Å². The molecule has 0 aromatic heterocycles. The summed E-state index contributed by atoms with van der Waals surface area (Å²) in [4.78, 5) is 1.19. The van der Waals surface area contributed by atoms with E-state index in [1.54, 1.807) is 7.11 Å². The van der Waals surface area contributed by atoms with E-state index in [2.05, 4.69) is 6.07 Å². The largest absolute Gasteiger partial charge is 0.496 e. The van der Waals surface area contributed by atoms with Gasteiger partial charge in [-0.05, 0) is 44.2 Å². The summed E-state index contributed by atoms with van der Waals surface area (Å²) in [7, 11) is 1.70. The number of hydrogen-bond donors (Lipinski definition) is 1. The highest BCUT2D eigenvalue weighted by molar-refractivity contribution is 8.00. The Bertz CT molecular complexity index is 459. The van der Waals surface area contributed by atoms with Gasteiger partial charge in [-0.3, -0.25) is 0 Å². The standard InChI is InChI=1S/C15H21NO2S/c1-17-13-9-11(16)3-4-14(13)19-12-5-8-18-15(10-12)6-2-7-15/h3-4,9,12H,2,5-8,10,16H2,1H3. The van der Waals surface area contributed by atoms with E-state index in [1.165, 1.54) is 30.6 Å². The minimum absolute atomic E-state index is 0.205. The highest BCUT2D eigenvalue weighted by Gasteiger charge is 2.42. The molecule has 1 heterocycles. The first-order valence-electron chi connectivity index (χ1n) is 6.95. The molecule has 1 unspecified atom stereocenters. The lowest BCUT2D eigenvalue weighted by Gasteiger charge is -2.47. The molecule has 1 aliphatic carbocycles. The summed E-state index contributed by atoms with van der Waals surface area (Å²) >= 11 is 1.92. The van der Waals surface area contributed by atoms with Crippen molar-refractivity contribution in [2.45, 2.75) is 47.9 Å². The van der Waals surface area contributed by atoms with Gasteiger partial charge in [-0.1, -0.05) is 0 Å². The molecule has 0 bridgehead atoms. The van der Waals surface area contributed by atoms with Crippen molar-refractivity contribution >= 4 is 17.4 Å². The van der Waals surface area contributed by atoms with Crippen LogP contribution >= 0.6 is 11.8 Å². The Balaban J connectivity index is 1.70. The molecule has 1 spiro atoms. The fourth-order valence-electron chi connectivity index (χ4n) is 2.96. The van der Waals surface area contributed by atoms with E-state index in [0.29, 0.717) is 5.25 Å². The van der Waals surface area contributed by atoms with Crippen LogP contribution < -0.4 is 10.5 Å². The quantitative estimate of drug-likeness (QED) is 0.860. The fourth-order valence-corrected chi connectivity index (χ4v) is 4.33. The van der Waals surface area contributed by atoms with Gasteiger partial charge in [0.05, 0.1) is 12.7 Å². The first-order valence-corrected chi connectivity index (χ1v) is 7.83. The van der Waals surface area contributed by atoms with Crippen molar-refractivity contribution in [1.29, 1.82) is 0 Å². The SMILES string of the molecule is COc1cc(N)ccc1SC1CCOC2(CCC2)C1. The van der Waals surface area contributed by atoms with Gasteiger partial charge in [0.1, 0.15) is 5.75 Å². The molecule has 3 nitrogen and oxygen atoms in total. The number of nitrogen functional groups attached to an aromatic ring is 1. The zero-order chi connectivity index (χ0) is 13.3. The molecule has 2 N–H and O–H groups in total. The molecule has 2 aliphatic rings. The molecule has 1 saturated heterocycles. The van der Waals surface area contributed by atoms with Crippen LogP contribution in [0.2, 0.25) is 0 Å². The van der Waals surface area contributed by atoms with Gasteiger partial charge in [0, 0.05) is 28.5 Å². The number of nitrogens with two attached hydrogens (primary N) is 1. The number of thioether (sulfide) groups is 1. The van der Waals surface area contributed by atoms with Crippen LogP contribution in [0.5, 0.6) is 5.75 Å². The summed E-state index contributed by atoms with van der Waals surface area (Å²) in [5.74, 6) is 0.888. The summed E-state index contributed by atoms with van der Waals surface area (Å²) in [6, 6.07) is 5.92. The van der Waals surface area contributed by atoms with Crippen LogP contribution in [-0.4, -0.2) is 24.6 Å². The minimum Gasteiger partial charge on any atom is -0.496 e. The molecule has 1 aliphatic heterocycles. The molecule has 4 heteroatoms. The Kier molecular flexibility index (Phi) is 3.63. The van der Waals surface area contributed by atoms with Gasteiger partial charge in [0.15, 0.2) is 0 Å². The zero-order valence-electron chi connectivity index (χ0n) is 11.4. The topological polar surface area (TPSA) is 44.5 Å². The van der Waals surface area contributed by atoms with Gasteiger partial charge in [0.25, 0.3) is 0 Å². The van der Waals surface area contributed by atoms with E-state index in [0.717, 1.165) is 24.5 Å². The lowest BCUT2D eigenvalue weighted by Crippen LogP contribution is -2.46. The van der Waals surface area contributed by atoms with Crippen LogP contribution in [0.25, 0.3) is 0 Å². The Morgan fingerprint density at radius 3 is 2.95 bits per heavy atom. The molecule has 104 valence electrons. The van der Waals surface area contributed by atoms with Crippen LogP contribution in [0.3, 0.4) is 0 Å². The van der Waals surface area contributed by atoms with Gasteiger partial charge >= 0.3 is 0 Å². The van der Waals surface area contributed by atoms with Crippen molar-refractivity contribution in [3.63, 3.8) is 0 Å². The number of ether oxygens (including phenoxy) is 2. The number of benzene rings is 1. The second-order valence-corrected chi connectivity index (χ2v) is 6.87. The number of hydrogen-bond acceptors (Lipinski definition) is 4. The second-order valence-electron chi connectivity index (χ2n) is 5.53. The van der Waals surface area contributed by atoms with E-state index in [9.17, 15) is 0 Å². The zero-order valence-corrected chi connectivity index (χ0v) is 12.2. The van der Waals surface area contributed by atoms with Crippen LogP contribution in [0.1, 0.15) is 32.1 Å². The second kappa shape index (κ2) is 5.25. The summed E-state index contributed by atoms with van der Waals surface area (Å²) in [5.41, 5.74) is 6.76. The Labute approximate surface area is 118 Å². The molecule has 3 rings (SSSR count). The Morgan fingerprint density at radius 2 is 2.26 bits per heavy atom. The van der Waals surface area contributed by atoms with Crippen LogP contribution in [0, 0.1) is 0 Å². The highest BCUT2D eigenvalue weighted by Crippen LogP contribution is 2.47. The van der Waals surface area contributed by atoms with Crippen molar-refractivity contribution in [2.24, 2.45) is 0 Å². The first kappa shape index (κ1) is 13.1. The predicted molar refractivity (Wildman–Crippen MR) is 78.8 cm³/mol. The van der Waals surface area contributed by atoms with Gasteiger partial charge in [-0.25, -0.2) is 0 Å². The molecule has 1 aromatic carbocycles. The van der Waals surface area contributed by atoms with E-state index in [4.69, 9.17) is 15.2 Å². The monoisotopic (exact) mass is 279 g/mol. The average molecular weight is 279 g/mol. The van der Waals surface area contributed by atoms with E-state index in [-0.39, 0.29) is 5.60 Å². The van der Waals surface area contributed by atoms with Crippen LogP contribution in [-0.2, 0) is 4.74 Å². The highest BCUT2D eigenvalue weighted by atomic mass is 32.2. The molecule has 1 atom stereocenters. The van der Waals surface area contributed by atoms with E-state index >= 15 is 0 Å². The lowest BCUT2D eigenvalue weighted by atomic mass is 9.75. The van der Waals surface area contributed by atoms with E-state index in [1.807, 2.05) is 23.9 Å². The van der Waals surface area contributed by atoms with E-state index < -0.39 is 0 Å². The molecular weight excluding hydrogens is 258 g/mol. The maximum absolute atomic E-state index is 5.98. The van der Waals surface area contributed by atoms with Crippen molar-refractivity contribution in [3.8, 4) is 5.75 Å². The molecule has 0 amide bonds. The number of methoxy groups -OCH3 is 1. The third-order valence-electron chi connectivity index (χ3n) is 4.19. The molecular formula is C15H21NO2S. The van der Waals surface area contributed by atoms with Crippen molar-refractivity contribution in [1.82, 2.24) is 0 Å². The van der Waals surface area contributed by atoms with Gasteiger partial charge in [-0.15, -0.1) is 11.8 Å². The molecule has 1 aromatic rings. The summed E-state index contributed by atoms with van der Waals surface area (Å²) in [6.07, 6.45) is 6.10. The Hall–Kier alpha value is -0.870. The molecule has 1 saturated carbocycles. The van der Waals surface area contributed by atoms with Gasteiger partial charge in [0.2, 0.25) is 0 Å². The third kappa shape index (κ3) is 2.70. The summed E-state index contributed by atoms with van der Waals surface area (Å²) < 4.78 is 11.4. The Morgan fingerprint density at radius 1 is 1.42 bits per heavy atom. The summed E-state index contributed by atoms with van der Waals surface area (Å²) in [5, 5.41) is 0.631. The number of rotatable bonds is 3. The summed E-state index contributed by atoms with van der Waals surface area (Å²) in [6.45, 7) is 0.898. The lowest BCUT2D eigenvalue weighted by molar-refractivity contribution is -0.125. The number of anilines is 1. The predicted octanol–water partition coefficient (Wildman–Crippen LogP) is 3.47. The average Bonchev–Trinajstić information content (AvgIpc) is 2.39. The molecule has 19 heavy (non-hydrogen) atoms. The van der Waals surface area contributed by atoms with Crippen molar-refractivity contribution in [3.05, 3.63) is 18.2 Å². The van der Waals surface area contributed by atoms with Crippen molar-refractivity contribution < 1.29 is 9.47 Å². The third-order valence-corrected chi connectivity index (χ3v) is 5.52. The van der Waals surface area contributed by atoms with Crippen LogP contribution in [0.15, 0.2) is 23.1 Å². The minimum atomic E-state index is 0.205. The fraction of sp³-hybridized carbons (Fsp3) is 0.600. The normalized spacial score (nSPS) is 25.0.